The minimum absolute atomic E-state index is 0.257. The zero-order valence-corrected chi connectivity index (χ0v) is 11.6. The van der Waals surface area contributed by atoms with Crippen LogP contribution >= 0.6 is 11.6 Å². The minimum atomic E-state index is 0.257. The van der Waals surface area contributed by atoms with Crippen LogP contribution in [-0.2, 0) is 6.42 Å². The molecule has 0 bridgehead atoms. The molecule has 0 unspecified atom stereocenters. The summed E-state index contributed by atoms with van der Waals surface area (Å²) in [7, 11) is 0. The molecular weight excluding hydrogens is 272 g/mol. The molecule has 0 amide bonds. The topological polar surface area (TPSA) is 54.0 Å². The van der Waals surface area contributed by atoms with Gasteiger partial charge in [0.05, 0.1) is 28.9 Å². The first-order valence-electron chi connectivity index (χ1n) is 6.16. The summed E-state index contributed by atoms with van der Waals surface area (Å²) < 4.78 is 1.88. The molecule has 0 aliphatic heterocycles. The Morgan fingerprint density at radius 1 is 1.40 bits per heavy atom. The van der Waals surface area contributed by atoms with Crippen molar-refractivity contribution in [1.29, 1.82) is 5.26 Å². The van der Waals surface area contributed by atoms with Crippen molar-refractivity contribution in [3.63, 3.8) is 0 Å². The van der Waals surface area contributed by atoms with Gasteiger partial charge >= 0.3 is 0 Å². The molecule has 3 rings (SSSR count). The molecule has 0 spiro atoms. The Morgan fingerprint density at radius 2 is 2.25 bits per heavy atom. The summed E-state index contributed by atoms with van der Waals surface area (Å²) in [5, 5.41) is 9.69. The standard InChI is InChI=1S/C15H11ClN4/c1-10-8-11(16)9-20-13(5-6-17)14(19-15(10)20)12-4-2-3-7-18-12/h2-4,7-9H,5H2,1H3. The molecule has 3 aromatic heterocycles. The molecule has 4 nitrogen and oxygen atoms in total. The average molecular weight is 283 g/mol. The van der Waals surface area contributed by atoms with E-state index in [4.69, 9.17) is 16.9 Å². The van der Waals surface area contributed by atoms with Crippen molar-refractivity contribution in [3.05, 3.63) is 52.9 Å². The lowest BCUT2D eigenvalue weighted by Gasteiger charge is -2.02. The van der Waals surface area contributed by atoms with Gasteiger partial charge in [0.25, 0.3) is 0 Å². The third-order valence-electron chi connectivity index (χ3n) is 3.12. The van der Waals surface area contributed by atoms with Crippen molar-refractivity contribution >= 4 is 17.2 Å². The van der Waals surface area contributed by atoms with Crippen molar-refractivity contribution in [3.8, 4) is 17.5 Å². The van der Waals surface area contributed by atoms with E-state index in [9.17, 15) is 0 Å². The second kappa shape index (κ2) is 4.95. The van der Waals surface area contributed by atoms with Gasteiger partial charge in [0.2, 0.25) is 0 Å². The van der Waals surface area contributed by atoms with E-state index in [0.717, 1.165) is 28.3 Å². The molecule has 0 atom stereocenters. The quantitative estimate of drug-likeness (QED) is 0.723. The molecule has 0 aliphatic rings. The van der Waals surface area contributed by atoms with E-state index in [0.29, 0.717) is 5.02 Å². The van der Waals surface area contributed by atoms with E-state index >= 15 is 0 Å². The Kier molecular flexibility index (Phi) is 3.13. The third-order valence-corrected chi connectivity index (χ3v) is 3.33. The van der Waals surface area contributed by atoms with Gasteiger partial charge in [0.1, 0.15) is 11.3 Å². The molecule has 0 radical (unpaired) electrons. The molecule has 98 valence electrons. The highest BCUT2D eigenvalue weighted by molar-refractivity contribution is 6.30. The fraction of sp³-hybridized carbons (Fsp3) is 0.133. The Hall–Kier alpha value is -2.38. The number of nitrogens with zero attached hydrogens (tertiary/aromatic N) is 4. The SMILES string of the molecule is Cc1cc(Cl)cn2c(CC#N)c(-c3ccccn3)nc12. The fourth-order valence-corrected chi connectivity index (χ4v) is 2.53. The highest BCUT2D eigenvalue weighted by atomic mass is 35.5. The van der Waals surface area contributed by atoms with Crippen LogP contribution in [0.4, 0.5) is 0 Å². The Balaban J connectivity index is 2.35. The molecule has 3 heterocycles. The Morgan fingerprint density at radius 3 is 2.95 bits per heavy atom. The monoisotopic (exact) mass is 282 g/mol. The van der Waals surface area contributed by atoms with Gasteiger partial charge < -0.3 is 4.40 Å². The summed E-state index contributed by atoms with van der Waals surface area (Å²) in [5.41, 5.74) is 4.08. The van der Waals surface area contributed by atoms with E-state index in [1.165, 1.54) is 0 Å². The molecular formula is C15H11ClN4. The summed E-state index contributed by atoms with van der Waals surface area (Å²) in [4.78, 5) is 8.95. The van der Waals surface area contributed by atoms with E-state index in [-0.39, 0.29) is 6.42 Å². The zero-order chi connectivity index (χ0) is 14.1. The maximum Gasteiger partial charge on any atom is 0.140 e. The van der Waals surface area contributed by atoms with Gasteiger partial charge in [-0.25, -0.2) is 4.98 Å². The highest BCUT2D eigenvalue weighted by Gasteiger charge is 2.16. The molecule has 5 heteroatoms. The van der Waals surface area contributed by atoms with Gasteiger partial charge in [-0.1, -0.05) is 17.7 Å². The second-order valence-corrected chi connectivity index (χ2v) is 4.93. The van der Waals surface area contributed by atoms with Gasteiger partial charge in [-0.15, -0.1) is 0 Å². The Labute approximate surface area is 121 Å². The van der Waals surface area contributed by atoms with Crippen molar-refractivity contribution < 1.29 is 0 Å². The average Bonchev–Trinajstić information content (AvgIpc) is 2.80. The van der Waals surface area contributed by atoms with Crippen LogP contribution in [-0.4, -0.2) is 14.4 Å². The second-order valence-electron chi connectivity index (χ2n) is 4.49. The first kappa shape index (κ1) is 12.6. The van der Waals surface area contributed by atoms with Crippen LogP contribution in [0.1, 0.15) is 11.3 Å². The molecule has 0 N–H and O–H groups in total. The first-order valence-corrected chi connectivity index (χ1v) is 6.54. The molecule has 0 aromatic carbocycles. The normalized spacial score (nSPS) is 10.7. The van der Waals surface area contributed by atoms with Crippen molar-refractivity contribution in [2.45, 2.75) is 13.3 Å². The smallest absolute Gasteiger partial charge is 0.140 e. The number of imidazole rings is 1. The summed E-state index contributed by atoms with van der Waals surface area (Å²) in [5.74, 6) is 0. The molecule has 3 aromatic rings. The Bertz CT molecular complexity index is 815. The van der Waals surface area contributed by atoms with Gasteiger partial charge in [0, 0.05) is 12.4 Å². The fourth-order valence-electron chi connectivity index (χ4n) is 2.27. The number of fused-ring (bicyclic) bond motifs is 1. The van der Waals surface area contributed by atoms with Crippen LogP contribution in [0.2, 0.25) is 5.02 Å². The van der Waals surface area contributed by atoms with E-state index in [1.807, 2.05) is 35.6 Å². The molecule has 0 aliphatic carbocycles. The molecule has 20 heavy (non-hydrogen) atoms. The van der Waals surface area contributed by atoms with Gasteiger partial charge in [-0.3, -0.25) is 4.98 Å². The number of halogens is 1. The van der Waals surface area contributed by atoms with Crippen LogP contribution in [0, 0.1) is 18.3 Å². The number of aromatic nitrogens is 3. The summed E-state index contributed by atoms with van der Waals surface area (Å²) in [6.45, 7) is 1.95. The first-order chi connectivity index (χ1) is 9.70. The predicted molar refractivity (Wildman–Crippen MR) is 77.5 cm³/mol. The minimum Gasteiger partial charge on any atom is -0.301 e. The number of nitriles is 1. The van der Waals surface area contributed by atoms with E-state index in [2.05, 4.69) is 16.0 Å². The van der Waals surface area contributed by atoms with Crippen LogP contribution in [0.5, 0.6) is 0 Å². The largest absolute Gasteiger partial charge is 0.301 e. The van der Waals surface area contributed by atoms with Crippen molar-refractivity contribution in [2.24, 2.45) is 0 Å². The lowest BCUT2D eigenvalue weighted by molar-refractivity contribution is 1.05. The number of rotatable bonds is 2. The summed E-state index contributed by atoms with van der Waals surface area (Å²) in [6.07, 6.45) is 3.76. The number of aryl methyl sites for hydroxylation is 1. The lowest BCUT2D eigenvalue weighted by atomic mass is 10.2. The van der Waals surface area contributed by atoms with Gasteiger partial charge in [-0.05, 0) is 30.7 Å². The summed E-state index contributed by atoms with van der Waals surface area (Å²) in [6, 6.07) is 9.69. The molecule has 0 saturated heterocycles. The highest BCUT2D eigenvalue weighted by Crippen LogP contribution is 2.26. The number of hydrogen-bond donors (Lipinski definition) is 0. The van der Waals surface area contributed by atoms with Crippen LogP contribution < -0.4 is 0 Å². The maximum absolute atomic E-state index is 9.06. The van der Waals surface area contributed by atoms with Crippen molar-refractivity contribution in [1.82, 2.24) is 14.4 Å². The van der Waals surface area contributed by atoms with Gasteiger partial charge in [0.15, 0.2) is 0 Å². The number of hydrogen-bond acceptors (Lipinski definition) is 3. The lowest BCUT2D eigenvalue weighted by Crippen LogP contribution is -1.95. The van der Waals surface area contributed by atoms with Crippen molar-refractivity contribution in [2.75, 3.05) is 0 Å². The van der Waals surface area contributed by atoms with Gasteiger partial charge in [-0.2, -0.15) is 5.26 Å². The molecule has 0 fully saturated rings. The maximum atomic E-state index is 9.06. The van der Waals surface area contributed by atoms with E-state index in [1.54, 1.807) is 12.4 Å². The molecule has 0 saturated carbocycles. The zero-order valence-electron chi connectivity index (χ0n) is 10.8. The predicted octanol–water partition coefficient (Wildman–Crippen LogP) is 3.42. The van der Waals surface area contributed by atoms with Crippen LogP contribution in [0.25, 0.3) is 17.0 Å². The number of pyridine rings is 2. The van der Waals surface area contributed by atoms with E-state index < -0.39 is 0 Å². The van der Waals surface area contributed by atoms with Crippen LogP contribution in [0.15, 0.2) is 36.7 Å². The third kappa shape index (κ3) is 2.02. The van der Waals surface area contributed by atoms with Crippen LogP contribution in [0.3, 0.4) is 0 Å². The summed E-state index contributed by atoms with van der Waals surface area (Å²) >= 11 is 6.10.